The standard InChI is InChI=1S/C23H22F4N4O/c1-14-9-17(30-7-8-31-18(13-30)12-20(29-31)23(25,26)27)10-15(2)22(14)28-21(32)11-16-5-3-4-6-19(16)24/h3-6,9-10,12H,7-8,11,13H2,1-2H3,(H,28,32). The molecular formula is C23H22F4N4O. The average molecular weight is 446 g/mol. The van der Waals surface area contributed by atoms with Crippen LogP contribution in [0.5, 0.6) is 0 Å². The molecule has 2 heterocycles. The minimum atomic E-state index is -4.47. The van der Waals surface area contributed by atoms with Crippen molar-refractivity contribution in [1.82, 2.24) is 9.78 Å². The van der Waals surface area contributed by atoms with E-state index in [9.17, 15) is 22.4 Å². The Balaban J connectivity index is 1.50. The summed E-state index contributed by atoms with van der Waals surface area (Å²) in [6.45, 7) is 4.88. The summed E-state index contributed by atoms with van der Waals surface area (Å²) >= 11 is 0. The van der Waals surface area contributed by atoms with Crippen LogP contribution in [0.15, 0.2) is 42.5 Å². The predicted octanol–water partition coefficient (Wildman–Crippen LogP) is 4.86. The summed E-state index contributed by atoms with van der Waals surface area (Å²) in [7, 11) is 0. The van der Waals surface area contributed by atoms with Gasteiger partial charge in [-0.1, -0.05) is 18.2 Å². The van der Waals surface area contributed by atoms with E-state index in [1.807, 2.05) is 30.9 Å². The first-order valence-corrected chi connectivity index (χ1v) is 10.1. The molecule has 0 saturated heterocycles. The zero-order valence-corrected chi connectivity index (χ0v) is 17.6. The predicted molar refractivity (Wildman–Crippen MR) is 113 cm³/mol. The fourth-order valence-electron chi connectivity index (χ4n) is 3.94. The number of fused-ring (bicyclic) bond motifs is 1. The summed E-state index contributed by atoms with van der Waals surface area (Å²) in [6, 6.07) is 11.0. The van der Waals surface area contributed by atoms with Gasteiger partial charge < -0.3 is 10.2 Å². The van der Waals surface area contributed by atoms with E-state index in [0.717, 1.165) is 22.9 Å². The second-order valence-electron chi connectivity index (χ2n) is 7.93. The van der Waals surface area contributed by atoms with Crippen molar-refractivity contribution in [3.63, 3.8) is 0 Å². The van der Waals surface area contributed by atoms with E-state index in [1.165, 1.54) is 10.7 Å². The molecule has 4 rings (SSSR count). The van der Waals surface area contributed by atoms with Gasteiger partial charge in [0.15, 0.2) is 5.69 Å². The summed E-state index contributed by atoms with van der Waals surface area (Å²) in [5.74, 6) is -0.750. The van der Waals surface area contributed by atoms with Gasteiger partial charge in [-0.3, -0.25) is 9.48 Å². The third-order valence-corrected chi connectivity index (χ3v) is 5.54. The van der Waals surface area contributed by atoms with Gasteiger partial charge in [-0.25, -0.2) is 4.39 Å². The van der Waals surface area contributed by atoms with Crippen LogP contribution in [0.1, 0.15) is 28.1 Å². The number of amides is 1. The van der Waals surface area contributed by atoms with Crippen LogP contribution in [-0.2, 0) is 30.5 Å². The number of hydrogen-bond acceptors (Lipinski definition) is 3. The lowest BCUT2D eigenvalue weighted by molar-refractivity contribution is -0.141. The van der Waals surface area contributed by atoms with Gasteiger partial charge >= 0.3 is 6.18 Å². The largest absolute Gasteiger partial charge is 0.435 e. The topological polar surface area (TPSA) is 50.2 Å². The fraction of sp³-hybridized carbons (Fsp3) is 0.304. The lowest BCUT2D eigenvalue weighted by atomic mass is 10.1. The Bertz CT molecular complexity index is 1150. The highest BCUT2D eigenvalue weighted by Gasteiger charge is 2.35. The minimum absolute atomic E-state index is 0.0784. The summed E-state index contributed by atoms with van der Waals surface area (Å²) in [6.07, 6.45) is -4.55. The van der Waals surface area contributed by atoms with Crippen molar-refractivity contribution in [2.24, 2.45) is 0 Å². The summed E-state index contributed by atoms with van der Waals surface area (Å²) in [5.41, 5.74) is 3.08. The van der Waals surface area contributed by atoms with Gasteiger partial charge in [0.1, 0.15) is 5.82 Å². The second-order valence-corrected chi connectivity index (χ2v) is 7.93. The van der Waals surface area contributed by atoms with Crippen LogP contribution in [0.3, 0.4) is 0 Å². The van der Waals surface area contributed by atoms with Crippen molar-refractivity contribution in [3.8, 4) is 0 Å². The second kappa shape index (κ2) is 8.29. The van der Waals surface area contributed by atoms with Crippen LogP contribution in [0, 0.1) is 19.7 Å². The van der Waals surface area contributed by atoms with Gasteiger partial charge in [-0.2, -0.15) is 18.3 Å². The van der Waals surface area contributed by atoms with E-state index < -0.39 is 17.7 Å². The Morgan fingerprint density at radius 3 is 2.44 bits per heavy atom. The van der Waals surface area contributed by atoms with E-state index in [0.29, 0.717) is 36.6 Å². The number of aryl methyl sites for hydroxylation is 2. The van der Waals surface area contributed by atoms with Gasteiger partial charge in [-0.05, 0) is 54.8 Å². The molecule has 1 aromatic heterocycles. The Labute approximate surface area is 182 Å². The molecule has 0 aliphatic carbocycles. The molecule has 0 unspecified atom stereocenters. The van der Waals surface area contributed by atoms with E-state index in [1.54, 1.807) is 18.2 Å². The minimum Gasteiger partial charge on any atom is -0.364 e. The number of carbonyl (C=O) groups is 1. The van der Waals surface area contributed by atoms with E-state index in [-0.39, 0.29) is 12.3 Å². The number of benzene rings is 2. The summed E-state index contributed by atoms with van der Waals surface area (Å²) in [5, 5.41) is 6.52. The Hall–Kier alpha value is -3.36. The molecule has 1 amide bonds. The molecule has 1 aliphatic heterocycles. The van der Waals surface area contributed by atoms with Crippen LogP contribution >= 0.6 is 0 Å². The maximum atomic E-state index is 13.8. The monoisotopic (exact) mass is 446 g/mol. The molecule has 1 aliphatic rings. The molecule has 0 spiro atoms. The molecule has 5 nitrogen and oxygen atoms in total. The third kappa shape index (κ3) is 4.46. The molecule has 0 radical (unpaired) electrons. The van der Waals surface area contributed by atoms with E-state index in [4.69, 9.17) is 0 Å². The van der Waals surface area contributed by atoms with Crippen LogP contribution in [0.4, 0.5) is 28.9 Å². The van der Waals surface area contributed by atoms with Crippen molar-refractivity contribution in [2.45, 2.75) is 39.5 Å². The normalized spacial score (nSPS) is 13.8. The Morgan fingerprint density at radius 1 is 1.09 bits per heavy atom. The molecule has 3 aromatic rings. The number of alkyl halides is 3. The number of nitrogens with zero attached hydrogens (tertiary/aromatic N) is 3. The average Bonchev–Trinajstić information content (AvgIpc) is 3.16. The zero-order valence-electron chi connectivity index (χ0n) is 17.6. The third-order valence-electron chi connectivity index (χ3n) is 5.54. The molecule has 2 aromatic carbocycles. The van der Waals surface area contributed by atoms with Crippen molar-refractivity contribution in [3.05, 3.63) is 76.4 Å². The van der Waals surface area contributed by atoms with Gasteiger partial charge in [0.25, 0.3) is 0 Å². The highest BCUT2D eigenvalue weighted by Crippen LogP contribution is 2.32. The molecule has 168 valence electrons. The summed E-state index contributed by atoms with van der Waals surface area (Å²) < 4.78 is 54.1. The molecule has 0 atom stereocenters. The van der Waals surface area contributed by atoms with Crippen molar-refractivity contribution < 1.29 is 22.4 Å². The van der Waals surface area contributed by atoms with Crippen LogP contribution < -0.4 is 10.2 Å². The molecule has 0 fully saturated rings. The van der Waals surface area contributed by atoms with Crippen molar-refractivity contribution >= 4 is 17.3 Å². The SMILES string of the molecule is Cc1cc(N2CCn3nc(C(F)(F)F)cc3C2)cc(C)c1NC(=O)Cc1ccccc1F. The zero-order chi connectivity index (χ0) is 23.0. The number of halogens is 4. The first kappa shape index (κ1) is 21.9. The maximum Gasteiger partial charge on any atom is 0.435 e. The van der Waals surface area contributed by atoms with Gasteiger partial charge in [0.05, 0.1) is 25.2 Å². The molecule has 1 N–H and O–H groups in total. The van der Waals surface area contributed by atoms with E-state index >= 15 is 0 Å². The smallest absolute Gasteiger partial charge is 0.364 e. The highest BCUT2D eigenvalue weighted by molar-refractivity contribution is 5.94. The number of carbonyl (C=O) groups excluding carboxylic acids is 1. The Kier molecular flexibility index (Phi) is 5.66. The van der Waals surface area contributed by atoms with Gasteiger partial charge in [-0.15, -0.1) is 0 Å². The first-order valence-electron chi connectivity index (χ1n) is 10.1. The van der Waals surface area contributed by atoms with E-state index in [2.05, 4.69) is 10.4 Å². The van der Waals surface area contributed by atoms with Crippen LogP contribution in [0.25, 0.3) is 0 Å². The quantitative estimate of drug-likeness (QED) is 0.583. The first-order chi connectivity index (χ1) is 15.1. The van der Waals surface area contributed by atoms with Crippen molar-refractivity contribution in [2.75, 3.05) is 16.8 Å². The fourth-order valence-corrected chi connectivity index (χ4v) is 3.94. The lowest BCUT2D eigenvalue weighted by Gasteiger charge is -2.30. The van der Waals surface area contributed by atoms with Gasteiger partial charge in [0, 0.05) is 17.9 Å². The molecule has 9 heteroatoms. The maximum absolute atomic E-state index is 13.8. The van der Waals surface area contributed by atoms with Gasteiger partial charge in [0.2, 0.25) is 5.91 Å². The molecule has 32 heavy (non-hydrogen) atoms. The highest BCUT2D eigenvalue weighted by atomic mass is 19.4. The molecular weight excluding hydrogens is 424 g/mol. The summed E-state index contributed by atoms with van der Waals surface area (Å²) in [4.78, 5) is 14.4. The van der Waals surface area contributed by atoms with Crippen LogP contribution in [-0.4, -0.2) is 22.2 Å². The number of hydrogen-bond donors (Lipinski definition) is 1. The van der Waals surface area contributed by atoms with Crippen LogP contribution in [0.2, 0.25) is 0 Å². The molecule has 0 saturated carbocycles. The number of aromatic nitrogens is 2. The van der Waals surface area contributed by atoms with Crippen molar-refractivity contribution in [1.29, 1.82) is 0 Å². The molecule has 0 bridgehead atoms. The number of nitrogens with one attached hydrogen (secondary N) is 1. The Morgan fingerprint density at radius 2 is 1.78 bits per heavy atom. The number of rotatable bonds is 4. The number of anilines is 2. The lowest BCUT2D eigenvalue weighted by Crippen LogP contribution is -2.34.